The number of nitrogens with one attached hydrogen (secondary N) is 2. The molecule has 1 aromatic heterocycles. The van der Waals surface area contributed by atoms with Crippen molar-refractivity contribution in [2.45, 2.75) is 116 Å². The third-order valence-corrected chi connectivity index (χ3v) is 9.10. The van der Waals surface area contributed by atoms with Crippen molar-refractivity contribution in [1.29, 1.82) is 0 Å². The number of nitrogens with zero attached hydrogens (tertiary/aromatic N) is 1. The maximum Gasteiger partial charge on any atom is 0.407 e. The molecule has 0 spiro atoms. The Bertz CT molecular complexity index is 1270. The number of carbonyl (C=O) groups excluding carboxylic acids is 3. The zero-order chi connectivity index (χ0) is 31.9. The van der Waals surface area contributed by atoms with Crippen LogP contribution < -0.4 is 10.6 Å². The topological polar surface area (TPSA) is 121 Å². The van der Waals surface area contributed by atoms with Crippen molar-refractivity contribution in [3.63, 3.8) is 0 Å². The maximum absolute atomic E-state index is 14.0. The zero-order valence-corrected chi connectivity index (χ0v) is 26.7. The van der Waals surface area contributed by atoms with Crippen LogP contribution in [-0.4, -0.2) is 58.8 Å². The Morgan fingerprint density at radius 2 is 1.86 bits per heavy atom. The van der Waals surface area contributed by atoms with Crippen LogP contribution in [0.3, 0.4) is 0 Å². The number of halogens is 1. The normalized spacial score (nSPS) is 20.8. The number of fused-ring (bicyclic) bond motifs is 1. The van der Waals surface area contributed by atoms with Crippen LogP contribution in [0.2, 0.25) is 0 Å². The van der Waals surface area contributed by atoms with Gasteiger partial charge in [-0.25, -0.2) is 9.18 Å². The summed E-state index contributed by atoms with van der Waals surface area (Å²) in [5, 5.41) is 15.9. The van der Waals surface area contributed by atoms with E-state index in [0.717, 1.165) is 37.5 Å². The summed E-state index contributed by atoms with van der Waals surface area (Å²) in [6.07, 6.45) is 7.93. The lowest BCUT2D eigenvalue weighted by molar-refractivity contribution is -0.141. The second-order valence-electron chi connectivity index (χ2n) is 13.5. The predicted octanol–water partition coefficient (Wildman–Crippen LogP) is 6.72. The highest BCUT2D eigenvalue weighted by atomic mass is 19.1. The molecule has 1 saturated heterocycles. The van der Waals surface area contributed by atoms with E-state index in [4.69, 9.17) is 9.15 Å². The van der Waals surface area contributed by atoms with E-state index in [0.29, 0.717) is 55.2 Å². The number of alkyl carbamates (subject to hydrolysis) is 1. The summed E-state index contributed by atoms with van der Waals surface area (Å²) < 4.78 is 24.5. The first kappa shape index (κ1) is 33.7. The first-order valence-electron chi connectivity index (χ1n) is 16.3. The van der Waals surface area contributed by atoms with Gasteiger partial charge in [0.1, 0.15) is 36.3 Å². The Kier molecular flexibility index (Phi) is 11.7. The molecule has 1 aliphatic carbocycles. The third-order valence-electron chi connectivity index (χ3n) is 9.10. The molecule has 1 saturated carbocycles. The van der Waals surface area contributed by atoms with Gasteiger partial charge in [0.25, 0.3) is 0 Å². The molecule has 44 heavy (non-hydrogen) atoms. The average molecular weight is 616 g/mol. The van der Waals surface area contributed by atoms with Gasteiger partial charge in [0.15, 0.2) is 0 Å². The highest BCUT2D eigenvalue weighted by molar-refractivity contribution is 5.99. The average Bonchev–Trinajstić information content (AvgIpc) is 3.62. The minimum Gasteiger partial charge on any atom is -0.459 e. The van der Waals surface area contributed by atoms with E-state index < -0.39 is 30.5 Å². The standard InChI is InChI=1S/C34H50FN3O6/c1-5-22(12-9-13-26(20-35)37-33(42)44-34(2,3)4)32(41)38-17-16-28(23-10-7-6-8-11-23)30(38)31(40)36-25-14-15-29-24(18-25)19-27(21-39)43-29/h14-15,18-19,22-23,26,28,30,39H,5-13,16-17,20-21H2,1-4H3,(H,36,40)(H,37,42). The molecular weight excluding hydrogens is 565 g/mol. The molecule has 4 unspecified atom stereocenters. The Balaban J connectivity index is 1.44. The number of aliphatic hydroxyl groups is 1. The second-order valence-corrected chi connectivity index (χ2v) is 13.5. The minimum absolute atomic E-state index is 0.0271. The van der Waals surface area contributed by atoms with Crippen LogP contribution in [0.4, 0.5) is 14.9 Å². The summed E-state index contributed by atoms with van der Waals surface area (Å²) in [5.74, 6) is 0.467. The second kappa shape index (κ2) is 15.2. The van der Waals surface area contributed by atoms with Gasteiger partial charge in [-0.2, -0.15) is 0 Å². The Morgan fingerprint density at radius 1 is 1.11 bits per heavy atom. The lowest BCUT2D eigenvalue weighted by atomic mass is 9.76. The molecule has 2 aliphatic rings. The van der Waals surface area contributed by atoms with Gasteiger partial charge in [-0.05, 0) is 82.6 Å². The first-order chi connectivity index (χ1) is 21.0. The SMILES string of the molecule is CCC(CCCC(CF)NC(=O)OC(C)(C)C)C(=O)N1CCC(C2CCCCC2)C1C(=O)Nc1ccc2oc(CO)cc2c1. The van der Waals surface area contributed by atoms with E-state index >= 15 is 0 Å². The van der Waals surface area contributed by atoms with Crippen LogP contribution in [0.25, 0.3) is 11.0 Å². The highest BCUT2D eigenvalue weighted by Crippen LogP contribution is 2.40. The Morgan fingerprint density at radius 3 is 2.52 bits per heavy atom. The number of anilines is 1. The van der Waals surface area contributed by atoms with Crippen LogP contribution in [0.1, 0.15) is 97.7 Å². The number of aliphatic hydroxyl groups excluding tert-OH is 1. The number of hydrogen-bond donors (Lipinski definition) is 3. The fourth-order valence-electron chi connectivity index (χ4n) is 6.94. The molecule has 244 valence electrons. The first-order valence-corrected chi connectivity index (χ1v) is 16.3. The molecule has 1 aliphatic heterocycles. The van der Waals surface area contributed by atoms with Gasteiger partial charge in [-0.3, -0.25) is 9.59 Å². The van der Waals surface area contributed by atoms with Crippen LogP contribution in [0.15, 0.2) is 28.7 Å². The number of likely N-dealkylation sites (tertiary alicyclic amines) is 1. The van der Waals surface area contributed by atoms with Crippen molar-refractivity contribution in [3.8, 4) is 0 Å². The number of carbonyl (C=O) groups is 3. The number of furan rings is 1. The van der Waals surface area contributed by atoms with Crippen molar-refractivity contribution in [2.24, 2.45) is 17.8 Å². The van der Waals surface area contributed by atoms with Gasteiger partial charge < -0.3 is 29.8 Å². The number of amides is 3. The number of benzene rings is 1. The quantitative estimate of drug-likeness (QED) is 0.244. The lowest BCUT2D eigenvalue weighted by Crippen LogP contribution is -2.49. The summed E-state index contributed by atoms with van der Waals surface area (Å²) in [5.41, 5.74) is 0.580. The molecule has 1 aromatic carbocycles. The monoisotopic (exact) mass is 615 g/mol. The molecule has 0 bridgehead atoms. The number of hydrogen-bond acceptors (Lipinski definition) is 6. The lowest BCUT2D eigenvalue weighted by Gasteiger charge is -2.34. The fraction of sp³-hybridized carbons (Fsp3) is 0.676. The van der Waals surface area contributed by atoms with Crippen LogP contribution >= 0.6 is 0 Å². The van der Waals surface area contributed by atoms with Crippen LogP contribution in [-0.2, 0) is 20.9 Å². The van der Waals surface area contributed by atoms with E-state index in [1.165, 1.54) is 6.42 Å². The maximum atomic E-state index is 14.0. The van der Waals surface area contributed by atoms with E-state index in [1.807, 2.05) is 13.0 Å². The van der Waals surface area contributed by atoms with Gasteiger partial charge >= 0.3 is 6.09 Å². The zero-order valence-electron chi connectivity index (χ0n) is 26.7. The van der Waals surface area contributed by atoms with E-state index in [-0.39, 0.29) is 30.3 Å². The van der Waals surface area contributed by atoms with Gasteiger partial charge in [0.05, 0.1) is 6.04 Å². The number of alkyl halides is 1. The van der Waals surface area contributed by atoms with Crippen molar-refractivity contribution >= 4 is 34.6 Å². The number of rotatable bonds is 12. The van der Waals surface area contributed by atoms with E-state index in [9.17, 15) is 23.9 Å². The predicted molar refractivity (Wildman–Crippen MR) is 168 cm³/mol. The van der Waals surface area contributed by atoms with Gasteiger partial charge in [-0.15, -0.1) is 0 Å². The molecular formula is C34H50FN3O6. The molecule has 2 aromatic rings. The Labute approximate surface area is 260 Å². The van der Waals surface area contributed by atoms with Crippen molar-refractivity contribution < 1.29 is 33.0 Å². The molecule has 2 fully saturated rings. The van der Waals surface area contributed by atoms with Crippen molar-refractivity contribution in [1.82, 2.24) is 10.2 Å². The summed E-state index contributed by atoms with van der Waals surface area (Å²) in [6.45, 7) is 6.86. The minimum atomic E-state index is -0.715. The number of ether oxygens (including phenoxy) is 1. The smallest absolute Gasteiger partial charge is 0.407 e. The molecule has 4 atom stereocenters. The molecule has 3 amide bonds. The summed E-state index contributed by atoms with van der Waals surface area (Å²) in [6, 6.07) is 5.90. The van der Waals surface area contributed by atoms with Gasteiger partial charge in [0, 0.05) is 23.5 Å². The van der Waals surface area contributed by atoms with Crippen LogP contribution in [0.5, 0.6) is 0 Å². The summed E-state index contributed by atoms with van der Waals surface area (Å²) in [7, 11) is 0. The molecule has 0 radical (unpaired) electrons. The largest absolute Gasteiger partial charge is 0.459 e. The van der Waals surface area contributed by atoms with Gasteiger partial charge in [0.2, 0.25) is 11.8 Å². The van der Waals surface area contributed by atoms with E-state index in [1.54, 1.807) is 43.9 Å². The van der Waals surface area contributed by atoms with Gasteiger partial charge in [-0.1, -0.05) is 45.4 Å². The molecule has 10 heteroatoms. The van der Waals surface area contributed by atoms with Crippen LogP contribution in [0, 0.1) is 17.8 Å². The summed E-state index contributed by atoms with van der Waals surface area (Å²) in [4.78, 5) is 41.9. The van der Waals surface area contributed by atoms with Crippen molar-refractivity contribution in [2.75, 3.05) is 18.5 Å². The van der Waals surface area contributed by atoms with E-state index in [2.05, 4.69) is 10.6 Å². The Hall–Kier alpha value is -3.14. The molecule has 3 N–H and O–H groups in total. The molecule has 9 nitrogen and oxygen atoms in total. The van der Waals surface area contributed by atoms with Crippen molar-refractivity contribution in [3.05, 3.63) is 30.0 Å². The third kappa shape index (κ3) is 8.73. The highest BCUT2D eigenvalue weighted by Gasteiger charge is 2.46. The molecule has 2 heterocycles. The summed E-state index contributed by atoms with van der Waals surface area (Å²) >= 11 is 0. The molecule has 4 rings (SSSR count). The fourth-order valence-corrected chi connectivity index (χ4v) is 6.94.